The molecule has 3 aliphatic rings. The van der Waals surface area contributed by atoms with Gasteiger partial charge < -0.3 is 9.84 Å². The van der Waals surface area contributed by atoms with E-state index in [0.29, 0.717) is 6.73 Å². The minimum absolute atomic E-state index is 0.127. The van der Waals surface area contributed by atoms with E-state index in [9.17, 15) is 9.90 Å². The van der Waals surface area contributed by atoms with Gasteiger partial charge in [-0.15, -0.1) is 0 Å². The molecule has 3 fully saturated rings. The lowest BCUT2D eigenvalue weighted by molar-refractivity contribution is -0.157. The van der Waals surface area contributed by atoms with Crippen molar-refractivity contribution in [2.75, 3.05) is 6.73 Å². The number of carbonyl (C=O) groups is 1. The first kappa shape index (κ1) is 13.8. The molecule has 3 rings (SSSR count). The second-order valence-corrected chi connectivity index (χ2v) is 6.94. The van der Waals surface area contributed by atoms with E-state index in [0.717, 1.165) is 38.5 Å². The molecule has 3 aliphatic carbocycles. The molecule has 0 saturated heterocycles. The Bertz CT molecular complexity index is 308. The summed E-state index contributed by atoms with van der Waals surface area (Å²) in [7, 11) is 0. The maximum Gasteiger partial charge on any atom is 0.309 e. The summed E-state index contributed by atoms with van der Waals surface area (Å²) < 4.78 is 5.72. The first-order valence-electron chi connectivity index (χ1n) is 6.90. The van der Waals surface area contributed by atoms with Crippen molar-refractivity contribution in [2.24, 2.45) is 5.41 Å². The topological polar surface area (TPSA) is 58.6 Å². The fraction of sp³-hybridized carbons (Fsp3) is 0.929. The van der Waals surface area contributed by atoms with Gasteiger partial charge in [0, 0.05) is 5.54 Å². The third kappa shape index (κ3) is 2.69. The van der Waals surface area contributed by atoms with Crippen LogP contribution in [0.15, 0.2) is 0 Å². The summed E-state index contributed by atoms with van der Waals surface area (Å²) in [5.74, 6) is -0.596. The highest BCUT2D eigenvalue weighted by Crippen LogP contribution is 2.52. The Balaban J connectivity index is 1.88. The van der Waals surface area contributed by atoms with Gasteiger partial charge in [0.1, 0.15) is 0 Å². The number of carboxylic acid groups (broad SMARTS) is 1. The van der Waals surface area contributed by atoms with Crippen LogP contribution in [0.3, 0.4) is 0 Å². The predicted octanol–water partition coefficient (Wildman–Crippen LogP) is 2.53. The highest BCUT2D eigenvalue weighted by Gasteiger charge is 2.52. The molecular formula is C14H25NO3. The molecule has 4 heteroatoms. The van der Waals surface area contributed by atoms with Crippen molar-refractivity contribution in [1.82, 2.24) is 5.32 Å². The maximum atomic E-state index is 11.3. The van der Waals surface area contributed by atoms with Crippen LogP contribution in [0.2, 0.25) is 0 Å². The SMILES string of the molecule is CC(C)(C)OCNC12CCC(C(=O)O)(CC1)CC2. The summed E-state index contributed by atoms with van der Waals surface area (Å²) >= 11 is 0. The van der Waals surface area contributed by atoms with Gasteiger partial charge in [0.25, 0.3) is 0 Å². The number of rotatable bonds is 4. The fourth-order valence-corrected chi connectivity index (χ4v) is 3.18. The normalized spacial score (nSPS) is 35.7. The molecule has 0 aliphatic heterocycles. The summed E-state index contributed by atoms with van der Waals surface area (Å²) in [4.78, 5) is 11.3. The molecule has 0 unspecified atom stereocenters. The van der Waals surface area contributed by atoms with Crippen molar-refractivity contribution >= 4 is 5.97 Å². The van der Waals surface area contributed by atoms with E-state index in [1.165, 1.54) is 0 Å². The van der Waals surface area contributed by atoms with Crippen LogP contribution < -0.4 is 5.32 Å². The van der Waals surface area contributed by atoms with E-state index in [2.05, 4.69) is 5.32 Å². The average molecular weight is 255 g/mol. The molecule has 4 nitrogen and oxygen atoms in total. The zero-order valence-electron chi connectivity index (χ0n) is 11.7. The third-order valence-corrected chi connectivity index (χ3v) is 4.65. The molecule has 0 heterocycles. The van der Waals surface area contributed by atoms with Crippen LogP contribution in [0.5, 0.6) is 0 Å². The van der Waals surface area contributed by atoms with Crippen molar-refractivity contribution in [2.45, 2.75) is 70.4 Å². The summed E-state index contributed by atoms with van der Waals surface area (Å²) in [6, 6.07) is 0. The molecule has 18 heavy (non-hydrogen) atoms. The molecule has 3 saturated carbocycles. The van der Waals surface area contributed by atoms with Gasteiger partial charge in [0.2, 0.25) is 0 Å². The molecule has 0 aromatic carbocycles. The van der Waals surface area contributed by atoms with E-state index in [1.54, 1.807) is 0 Å². The van der Waals surface area contributed by atoms with Crippen LogP contribution >= 0.6 is 0 Å². The highest BCUT2D eigenvalue weighted by molar-refractivity contribution is 5.75. The van der Waals surface area contributed by atoms with E-state index >= 15 is 0 Å². The van der Waals surface area contributed by atoms with Crippen molar-refractivity contribution in [1.29, 1.82) is 0 Å². The van der Waals surface area contributed by atoms with Crippen molar-refractivity contribution < 1.29 is 14.6 Å². The summed E-state index contributed by atoms with van der Waals surface area (Å²) in [5.41, 5.74) is -0.422. The van der Waals surface area contributed by atoms with Crippen LogP contribution in [-0.4, -0.2) is 28.9 Å². The minimum atomic E-state index is -0.596. The first-order valence-corrected chi connectivity index (χ1v) is 6.90. The molecule has 0 amide bonds. The number of ether oxygens (including phenoxy) is 1. The van der Waals surface area contributed by atoms with Gasteiger partial charge in [0.05, 0.1) is 17.7 Å². The van der Waals surface area contributed by atoms with E-state index in [-0.39, 0.29) is 11.1 Å². The summed E-state index contributed by atoms with van der Waals surface area (Å²) in [6.45, 7) is 6.69. The molecule has 0 aromatic rings. The Kier molecular flexibility index (Phi) is 3.45. The Hall–Kier alpha value is -0.610. The van der Waals surface area contributed by atoms with Crippen LogP contribution in [0.4, 0.5) is 0 Å². The standard InChI is InChI=1S/C14H25NO3/c1-12(2,3)18-10-15-14-7-4-13(5-8-14,6-9-14)11(16)17/h15H,4-10H2,1-3H3,(H,16,17). The lowest BCUT2D eigenvalue weighted by Crippen LogP contribution is -2.57. The summed E-state index contributed by atoms with van der Waals surface area (Å²) in [5, 5.41) is 12.9. The number of nitrogens with one attached hydrogen (secondary N) is 1. The van der Waals surface area contributed by atoms with Crippen LogP contribution in [0.25, 0.3) is 0 Å². The second kappa shape index (κ2) is 4.49. The van der Waals surface area contributed by atoms with E-state index < -0.39 is 11.4 Å². The molecule has 0 aromatic heterocycles. The fourth-order valence-electron chi connectivity index (χ4n) is 3.18. The molecule has 2 N–H and O–H groups in total. The zero-order valence-corrected chi connectivity index (χ0v) is 11.7. The highest BCUT2D eigenvalue weighted by atomic mass is 16.5. The number of hydrogen-bond donors (Lipinski definition) is 2. The first-order chi connectivity index (χ1) is 8.27. The Morgan fingerprint density at radius 2 is 1.67 bits per heavy atom. The largest absolute Gasteiger partial charge is 0.481 e. The quantitative estimate of drug-likeness (QED) is 0.758. The second-order valence-electron chi connectivity index (χ2n) is 6.94. The lowest BCUT2D eigenvalue weighted by Gasteiger charge is -2.51. The number of hydrogen-bond acceptors (Lipinski definition) is 3. The van der Waals surface area contributed by atoms with Gasteiger partial charge in [-0.1, -0.05) is 0 Å². The monoisotopic (exact) mass is 255 g/mol. The van der Waals surface area contributed by atoms with Crippen LogP contribution in [0.1, 0.15) is 59.3 Å². The number of carboxylic acids is 1. The van der Waals surface area contributed by atoms with Crippen molar-refractivity contribution in [3.05, 3.63) is 0 Å². The third-order valence-electron chi connectivity index (χ3n) is 4.65. The number of aliphatic carboxylic acids is 1. The Morgan fingerprint density at radius 1 is 1.17 bits per heavy atom. The summed E-state index contributed by atoms with van der Waals surface area (Å²) in [6.07, 6.45) is 5.33. The Morgan fingerprint density at radius 3 is 2.06 bits per heavy atom. The van der Waals surface area contributed by atoms with Gasteiger partial charge in [0.15, 0.2) is 0 Å². The average Bonchev–Trinajstić information content (AvgIpc) is 2.29. The van der Waals surface area contributed by atoms with Gasteiger partial charge >= 0.3 is 5.97 Å². The van der Waals surface area contributed by atoms with Gasteiger partial charge in [-0.05, 0) is 59.3 Å². The smallest absolute Gasteiger partial charge is 0.309 e. The van der Waals surface area contributed by atoms with Crippen molar-refractivity contribution in [3.63, 3.8) is 0 Å². The molecule has 0 radical (unpaired) electrons. The van der Waals surface area contributed by atoms with Crippen LogP contribution in [-0.2, 0) is 9.53 Å². The maximum absolute atomic E-state index is 11.3. The van der Waals surface area contributed by atoms with Crippen LogP contribution in [0, 0.1) is 5.41 Å². The van der Waals surface area contributed by atoms with Gasteiger partial charge in [-0.2, -0.15) is 0 Å². The predicted molar refractivity (Wildman–Crippen MR) is 69.3 cm³/mol. The van der Waals surface area contributed by atoms with E-state index in [4.69, 9.17) is 4.74 Å². The molecule has 0 atom stereocenters. The number of fused-ring (bicyclic) bond motifs is 3. The molecule has 104 valence electrons. The molecule has 2 bridgehead atoms. The lowest BCUT2D eigenvalue weighted by atomic mass is 9.57. The molecule has 0 spiro atoms. The minimum Gasteiger partial charge on any atom is -0.481 e. The van der Waals surface area contributed by atoms with E-state index in [1.807, 2.05) is 20.8 Å². The van der Waals surface area contributed by atoms with Gasteiger partial charge in [-0.3, -0.25) is 10.1 Å². The zero-order chi connectivity index (χ0) is 13.4. The Labute approximate surface area is 109 Å². The van der Waals surface area contributed by atoms with Crippen molar-refractivity contribution in [3.8, 4) is 0 Å². The van der Waals surface area contributed by atoms with Gasteiger partial charge in [-0.25, -0.2) is 0 Å². The molecular weight excluding hydrogens is 230 g/mol.